The van der Waals surface area contributed by atoms with Gasteiger partial charge in [0.15, 0.2) is 5.15 Å². The number of aromatic nitrogens is 2. The van der Waals surface area contributed by atoms with Gasteiger partial charge in [-0.2, -0.15) is 13.2 Å². The molecule has 10 heteroatoms. The van der Waals surface area contributed by atoms with Gasteiger partial charge in [-0.15, -0.1) is 0 Å². The number of halogens is 6. The summed E-state index contributed by atoms with van der Waals surface area (Å²) in [5.41, 5.74) is 0.319. The molecule has 0 fully saturated rings. The fraction of sp³-hybridized carbons (Fsp3) is 0.333. The average Bonchev–Trinajstić information content (AvgIpc) is 2.83. The Kier molecular flexibility index (Phi) is 4.68. The van der Waals surface area contributed by atoms with Crippen molar-refractivity contribution in [2.75, 3.05) is 13.1 Å². The number of carbonyl (C=O) groups excluding carboxylic acids is 1. The summed E-state index contributed by atoms with van der Waals surface area (Å²) >= 11 is 11.8. The Labute approximate surface area is 150 Å². The molecule has 1 aromatic heterocycles. The normalized spacial score (nSPS) is 14.8. The van der Waals surface area contributed by atoms with Crippen molar-refractivity contribution in [2.24, 2.45) is 0 Å². The third-order valence-electron chi connectivity index (χ3n) is 3.85. The quantitative estimate of drug-likeness (QED) is 0.722. The van der Waals surface area contributed by atoms with Crippen LogP contribution >= 0.6 is 23.2 Å². The van der Waals surface area contributed by atoms with Gasteiger partial charge in [0.1, 0.15) is 5.82 Å². The van der Waals surface area contributed by atoms with Crippen LogP contribution in [-0.4, -0.2) is 39.6 Å². The number of hydrogen-bond donors (Lipinski definition) is 0. The molecular formula is C15H11Cl2F4N3O. The summed E-state index contributed by atoms with van der Waals surface area (Å²) in [4.78, 5) is 17.4. The van der Waals surface area contributed by atoms with Crippen molar-refractivity contribution in [1.82, 2.24) is 14.5 Å². The van der Waals surface area contributed by atoms with Crippen LogP contribution in [0.1, 0.15) is 17.0 Å². The van der Waals surface area contributed by atoms with E-state index in [0.29, 0.717) is 0 Å². The van der Waals surface area contributed by atoms with Gasteiger partial charge in [0.25, 0.3) is 5.91 Å². The summed E-state index contributed by atoms with van der Waals surface area (Å²) in [7, 11) is 0. The first-order valence-electron chi connectivity index (χ1n) is 7.25. The van der Waals surface area contributed by atoms with Crippen LogP contribution in [0.3, 0.4) is 0 Å². The lowest BCUT2D eigenvalue weighted by Crippen LogP contribution is -2.42. The summed E-state index contributed by atoms with van der Waals surface area (Å²) in [6.07, 6.45) is -5.46. The molecule has 0 saturated heterocycles. The first kappa shape index (κ1) is 18.0. The van der Waals surface area contributed by atoms with Crippen molar-refractivity contribution >= 4 is 29.1 Å². The minimum absolute atomic E-state index is 0.0524. The zero-order valence-corrected chi connectivity index (χ0v) is 14.1. The van der Waals surface area contributed by atoms with Gasteiger partial charge in [0, 0.05) is 30.2 Å². The molecule has 2 heterocycles. The Balaban J connectivity index is 1.94. The van der Waals surface area contributed by atoms with E-state index in [1.807, 2.05) is 0 Å². The third-order valence-corrected chi connectivity index (χ3v) is 4.35. The van der Waals surface area contributed by atoms with Crippen LogP contribution in [0.2, 0.25) is 10.2 Å². The lowest BCUT2D eigenvalue weighted by Gasteiger charge is -2.28. The maximum absolute atomic E-state index is 14.2. The van der Waals surface area contributed by atoms with Crippen LogP contribution in [0.15, 0.2) is 18.2 Å². The molecule has 3 rings (SSSR count). The summed E-state index contributed by atoms with van der Waals surface area (Å²) in [6.45, 7) is -0.246. The molecule has 1 aromatic carbocycles. The highest BCUT2D eigenvalue weighted by Crippen LogP contribution is 2.34. The predicted molar refractivity (Wildman–Crippen MR) is 84.2 cm³/mol. The Morgan fingerprint density at radius 1 is 1.20 bits per heavy atom. The van der Waals surface area contributed by atoms with E-state index in [1.165, 1.54) is 16.7 Å². The molecule has 4 nitrogen and oxygen atoms in total. The molecule has 0 spiro atoms. The van der Waals surface area contributed by atoms with Gasteiger partial charge in [-0.3, -0.25) is 4.79 Å². The van der Waals surface area contributed by atoms with Crippen LogP contribution in [0.25, 0.3) is 11.3 Å². The number of carbonyl (C=O) groups is 1. The molecule has 0 radical (unpaired) electrons. The lowest BCUT2D eigenvalue weighted by molar-refractivity contribution is -0.136. The predicted octanol–water partition coefficient (Wildman–Crippen LogP) is 4.40. The van der Waals surface area contributed by atoms with Crippen LogP contribution in [-0.2, 0) is 6.54 Å². The van der Waals surface area contributed by atoms with E-state index in [-0.39, 0.29) is 40.3 Å². The molecule has 2 aromatic rings. The number of hydrogen-bond acceptors (Lipinski definition) is 2. The summed E-state index contributed by atoms with van der Waals surface area (Å²) in [6, 6.07) is 3.98. The standard InChI is InChI=1S/C15H11Cl2F4N3O/c16-8-1-2-9(10(18)7-8)11-12(17)22-13-14(25)23(5-6-24(11)13)4-3-15(19,20)21/h1-2,7H,3-6H2. The fourth-order valence-electron chi connectivity index (χ4n) is 2.68. The molecule has 1 aliphatic rings. The van der Waals surface area contributed by atoms with E-state index >= 15 is 0 Å². The average molecular weight is 396 g/mol. The lowest BCUT2D eigenvalue weighted by atomic mass is 10.1. The maximum atomic E-state index is 14.2. The minimum atomic E-state index is -4.36. The van der Waals surface area contributed by atoms with Gasteiger partial charge in [0.05, 0.1) is 12.1 Å². The van der Waals surface area contributed by atoms with Crippen molar-refractivity contribution in [2.45, 2.75) is 19.1 Å². The number of imidazole rings is 1. The number of amides is 1. The molecule has 0 saturated carbocycles. The number of alkyl halides is 3. The van der Waals surface area contributed by atoms with E-state index in [2.05, 4.69) is 4.98 Å². The highest BCUT2D eigenvalue weighted by Gasteiger charge is 2.34. The van der Waals surface area contributed by atoms with Crippen LogP contribution in [0.5, 0.6) is 0 Å². The Hall–Kier alpha value is -1.80. The van der Waals surface area contributed by atoms with E-state index in [0.717, 1.165) is 11.0 Å². The highest BCUT2D eigenvalue weighted by atomic mass is 35.5. The van der Waals surface area contributed by atoms with Crippen molar-refractivity contribution in [3.05, 3.63) is 40.0 Å². The van der Waals surface area contributed by atoms with Gasteiger partial charge >= 0.3 is 6.18 Å². The van der Waals surface area contributed by atoms with Gasteiger partial charge < -0.3 is 9.47 Å². The van der Waals surface area contributed by atoms with Gasteiger partial charge in [-0.05, 0) is 18.2 Å². The second kappa shape index (κ2) is 6.49. The van der Waals surface area contributed by atoms with Crippen LogP contribution in [0, 0.1) is 5.82 Å². The van der Waals surface area contributed by atoms with E-state index in [9.17, 15) is 22.4 Å². The molecular weight excluding hydrogens is 385 g/mol. The van der Waals surface area contributed by atoms with Crippen molar-refractivity contribution in [1.29, 1.82) is 0 Å². The molecule has 0 N–H and O–H groups in total. The van der Waals surface area contributed by atoms with Gasteiger partial charge in [-0.25, -0.2) is 9.37 Å². The Bertz CT molecular complexity index is 835. The zero-order valence-electron chi connectivity index (χ0n) is 12.6. The highest BCUT2D eigenvalue weighted by molar-refractivity contribution is 6.32. The van der Waals surface area contributed by atoms with Gasteiger partial charge in [-0.1, -0.05) is 23.2 Å². The Morgan fingerprint density at radius 2 is 1.92 bits per heavy atom. The molecule has 1 amide bonds. The van der Waals surface area contributed by atoms with Gasteiger partial charge in [0.2, 0.25) is 5.82 Å². The summed E-state index contributed by atoms with van der Waals surface area (Å²) in [5.74, 6) is -1.41. The van der Waals surface area contributed by atoms with E-state index in [1.54, 1.807) is 0 Å². The molecule has 134 valence electrons. The minimum Gasteiger partial charge on any atom is -0.334 e. The van der Waals surface area contributed by atoms with Crippen molar-refractivity contribution in [3.8, 4) is 11.3 Å². The fourth-order valence-corrected chi connectivity index (χ4v) is 3.12. The molecule has 0 atom stereocenters. The third kappa shape index (κ3) is 3.59. The van der Waals surface area contributed by atoms with Crippen LogP contribution in [0.4, 0.5) is 17.6 Å². The number of benzene rings is 1. The summed E-state index contributed by atoms with van der Waals surface area (Å²) < 4.78 is 52.7. The second-order valence-electron chi connectivity index (χ2n) is 5.51. The smallest absolute Gasteiger partial charge is 0.334 e. The van der Waals surface area contributed by atoms with Crippen molar-refractivity contribution < 1.29 is 22.4 Å². The van der Waals surface area contributed by atoms with E-state index in [4.69, 9.17) is 23.2 Å². The number of fused-ring (bicyclic) bond motifs is 1. The maximum Gasteiger partial charge on any atom is 0.390 e. The molecule has 25 heavy (non-hydrogen) atoms. The molecule has 0 aliphatic carbocycles. The van der Waals surface area contributed by atoms with Crippen LogP contribution < -0.4 is 0 Å². The topological polar surface area (TPSA) is 38.1 Å². The number of nitrogens with zero attached hydrogens (tertiary/aromatic N) is 3. The number of rotatable bonds is 3. The Morgan fingerprint density at radius 3 is 2.56 bits per heavy atom. The summed E-state index contributed by atoms with van der Waals surface area (Å²) in [5, 5.41) is 0.104. The van der Waals surface area contributed by atoms with Crippen molar-refractivity contribution in [3.63, 3.8) is 0 Å². The second-order valence-corrected chi connectivity index (χ2v) is 6.30. The largest absolute Gasteiger partial charge is 0.390 e. The first-order chi connectivity index (χ1) is 11.7. The zero-order chi connectivity index (χ0) is 18.4. The first-order valence-corrected chi connectivity index (χ1v) is 8.00. The SMILES string of the molecule is O=C1c2nc(Cl)c(-c3ccc(Cl)cc3F)n2CCN1CCC(F)(F)F. The van der Waals surface area contributed by atoms with E-state index < -0.39 is 30.9 Å². The monoisotopic (exact) mass is 395 g/mol. The molecule has 0 unspecified atom stereocenters. The molecule has 0 bridgehead atoms. The molecule has 1 aliphatic heterocycles.